The highest BCUT2D eigenvalue weighted by molar-refractivity contribution is 5.76. The van der Waals surface area contributed by atoms with Crippen molar-refractivity contribution in [3.8, 4) is 0 Å². The summed E-state index contributed by atoms with van der Waals surface area (Å²) in [4.78, 5) is 25.0. The molecule has 2 N–H and O–H groups in total. The Labute approximate surface area is 124 Å². The quantitative estimate of drug-likeness (QED) is 0.893. The average Bonchev–Trinajstić information content (AvgIpc) is 2.84. The molecule has 6 heteroatoms. The van der Waals surface area contributed by atoms with Gasteiger partial charge in [0, 0.05) is 18.7 Å². The summed E-state index contributed by atoms with van der Waals surface area (Å²) in [6, 6.07) is 1.31. The highest BCUT2D eigenvalue weighted by atomic mass is 16.4. The van der Waals surface area contributed by atoms with Crippen LogP contribution in [0.3, 0.4) is 0 Å². The number of amides is 2. The van der Waals surface area contributed by atoms with Crippen molar-refractivity contribution in [1.29, 1.82) is 0 Å². The molecule has 2 amide bonds. The number of carbonyl (C=O) groups is 2. The van der Waals surface area contributed by atoms with E-state index in [1.165, 1.54) is 0 Å². The minimum atomic E-state index is -0.826. The predicted octanol–water partition coefficient (Wildman–Crippen LogP) is 2.37. The molecule has 2 unspecified atom stereocenters. The van der Waals surface area contributed by atoms with Gasteiger partial charge >= 0.3 is 12.0 Å². The van der Waals surface area contributed by atoms with Crippen LogP contribution < -0.4 is 5.32 Å². The largest absolute Gasteiger partial charge is 0.481 e. The molecule has 0 spiro atoms. The van der Waals surface area contributed by atoms with Crippen LogP contribution in [0.2, 0.25) is 0 Å². The zero-order chi connectivity index (χ0) is 15.4. The molecule has 116 valence electrons. The van der Waals surface area contributed by atoms with Crippen molar-refractivity contribution in [2.24, 2.45) is 5.92 Å². The first-order valence-corrected chi connectivity index (χ1v) is 7.26. The summed E-state index contributed by atoms with van der Waals surface area (Å²) in [6.07, 6.45) is 4.82. The molecule has 0 aliphatic heterocycles. The van der Waals surface area contributed by atoms with Gasteiger partial charge in [0.25, 0.3) is 0 Å². The third-order valence-corrected chi connectivity index (χ3v) is 4.11. The molecule has 1 aromatic heterocycles. The van der Waals surface area contributed by atoms with Gasteiger partial charge in [-0.05, 0) is 25.8 Å². The van der Waals surface area contributed by atoms with Crippen molar-refractivity contribution in [1.82, 2.24) is 10.2 Å². The van der Waals surface area contributed by atoms with E-state index in [9.17, 15) is 14.7 Å². The third-order valence-electron chi connectivity index (χ3n) is 4.11. The first-order chi connectivity index (χ1) is 9.99. The van der Waals surface area contributed by atoms with Crippen molar-refractivity contribution < 1.29 is 19.1 Å². The van der Waals surface area contributed by atoms with Gasteiger partial charge in [0.2, 0.25) is 0 Å². The summed E-state index contributed by atoms with van der Waals surface area (Å²) < 4.78 is 5.21. The van der Waals surface area contributed by atoms with Gasteiger partial charge in [0.1, 0.15) is 5.76 Å². The van der Waals surface area contributed by atoms with Crippen molar-refractivity contribution in [3.05, 3.63) is 23.7 Å². The van der Waals surface area contributed by atoms with Gasteiger partial charge in [-0.3, -0.25) is 4.79 Å². The molecule has 2 rings (SSSR count). The second-order valence-corrected chi connectivity index (χ2v) is 5.64. The Morgan fingerprint density at radius 2 is 2.14 bits per heavy atom. The third kappa shape index (κ3) is 3.77. The van der Waals surface area contributed by atoms with Gasteiger partial charge in [-0.2, -0.15) is 0 Å². The highest BCUT2D eigenvalue weighted by Crippen LogP contribution is 2.25. The second-order valence-electron chi connectivity index (χ2n) is 5.64. The molecule has 1 heterocycles. The van der Waals surface area contributed by atoms with Crippen LogP contribution in [0.4, 0.5) is 4.79 Å². The molecule has 1 fully saturated rings. The van der Waals surface area contributed by atoms with Gasteiger partial charge in [-0.25, -0.2) is 4.79 Å². The van der Waals surface area contributed by atoms with E-state index >= 15 is 0 Å². The van der Waals surface area contributed by atoms with Gasteiger partial charge in [-0.15, -0.1) is 0 Å². The number of hydrogen-bond donors (Lipinski definition) is 2. The number of rotatable bonds is 4. The highest BCUT2D eigenvalue weighted by Gasteiger charge is 2.32. The Hall–Kier alpha value is -1.98. The van der Waals surface area contributed by atoms with Crippen LogP contribution in [0.1, 0.15) is 37.0 Å². The minimum Gasteiger partial charge on any atom is -0.481 e. The zero-order valence-corrected chi connectivity index (χ0v) is 12.5. The van der Waals surface area contributed by atoms with Crippen LogP contribution in [0.5, 0.6) is 0 Å². The maximum Gasteiger partial charge on any atom is 0.317 e. The summed E-state index contributed by atoms with van der Waals surface area (Å²) in [5.74, 6) is -0.518. The first kappa shape index (κ1) is 15.4. The van der Waals surface area contributed by atoms with Crippen LogP contribution in [0, 0.1) is 12.8 Å². The number of carboxylic acids is 1. The molecule has 0 bridgehead atoms. The molecule has 2 atom stereocenters. The molecular formula is C15H22N2O4. The van der Waals surface area contributed by atoms with Crippen LogP contribution in [-0.4, -0.2) is 35.1 Å². The molecule has 0 radical (unpaired) electrons. The number of nitrogens with zero attached hydrogens (tertiary/aromatic N) is 1. The molecule has 0 aromatic carbocycles. The Bertz CT molecular complexity index is 512. The Kier molecular flexibility index (Phi) is 4.88. The number of aryl methyl sites for hydroxylation is 1. The maximum absolute atomic E-state index is 12.2. The topological polar surface area (TPSA) is 82.8 Å². The van der Waals surface area contributed by atoms with E-state index in [0.717, 1.165) is 30.6 Å². The van der Waals surface area contributed by atoms with Crippen LogP contribution in [-0.2, 0) is 11.3 Å². The molecule has 0 saturated heterocycles. The minimum absolute atomic E-state index is 0.242. The van der Waals surface area contributed by atoms with E-state index < -0.39 is 11.9 Å². The molecular weight excluding hydrogens is 272 g/mol. The van der Waals surface area contributed by atoms with E-state index in [4.69, 9.17) is 4.42 Å². The Morgan fingerprint density at radius 3 is 2.76 bits per heavy atom. The second kappa shape index (κ2) is 6.65. The average molecular weight is 294 g/mol. The molecule has 1 aliphatic rings. The van der Waals surface area contributed by atoms with Crippen LogP contribution in [0.15, 0.2) is 16.7 Å². The van der Waals surface area contributed by atoms with Gasteiger partial charge < -0.3 is 19.7 Å². The van der Waals surface area contributed by atoms with Crippen molar-refractivity contribution in [2.75, 3.05) is 7.05 Å². The van der Waals surface area contributed by atoms with E-state index in [1.807, 2.05) is 13.0 Å². The van der Waals surface area contributed by atoms with Gasteiger partial charge in [0.15, 0.2) is 0 Å². The number of carboxylic acid groups (broad SMARTS) is 1. The number of furan rings is 1. The van der Waals surface area contributed by atoms with Crippen LogP contribution in [0.25, 0.3) is 0 Å². The predicted molar refractivity (Wildman–Crippen MR) is 76.8 cm³/mol. The lowest BCUT2D eigenvalue weighted by Crippen LogP contribution is -2.49. The lowest BCUT2D eigenvalue weighted by Gasteiger charge is -2.31. The zero-order valence-electron chi connectivity index (χ0n) is 12.5. The molecule has 1 aliphatic carbocycles. The number of aliphatic carboxylic acids is 1. The maximum atomic E-state index is 12.2. The molecule has 21 heavy (non-hydrogen) atoms. The fourth-order valence-electron chi connectivity index (χ4n) is 2.77. The molecule has 6 nitrogen and oxygen atoms in total. The Morgan fingerprint density at radius 1 is 1.43 bits per heavy atom. The fourth-order valence-corrected chi connectivity index (χ4v) is 2.77. The summed E-state index contributed by atoms with van der Waals surface area (Å²) in [7, 11) is 1.69. The first-order valence-electron chi connectivity index (χ1n) is 7.26. The van der Waals surface area contributed by atoms with Crippen molar-refractivity contribution in [2.45, 2.75) is 45.2 Å². The molecule has 1 saturated carbocycles. The summed E-state index contributed by atoms with van der Waals surface area (Å²) in [5, 5.41) is 12.1. The normalized spacial score (nSPS) is 21.8. The van der Waals surface area contributed by atoms with Crippen molar-refractivity contribution in [3.63, 3.8) is 0 Å². The Balaban J connectivity index is 1.93. The lowest BCUT2D eigenvalue weighted by molar-refractivity contribution is -0.143. The summed E-state index contributed by atoms with van der Waals surface area (Å²) >= 11 is 0. The van der Waals surface area contributed by atoms with Gasteiger partial charge in [-0.1, -0.05) is 12.8 Å². The molecule has 1 aromatic rings. The van der Waals surface area contributed by atoms with Crippen LogP contribution >= 0.6 is 0 Å². The van der Waals surface area contributed by atoms with Crippen molar-refractivity contribution >= 4 is 12.0 Å². The summed E-state index contributed by atoms with van der Waals surface area (Å²) in [6.45, 7) is 2.29. The number of carbonyl (C=O) groups excluding carboxylic acids is 1. The van der Waals surface area contributed by atoms with Gasteiger partial charge in [0.05, 0.1) is 18.7 Å². The number of urea groups is 1. The number of hydrogen-bond acceptors (Lipinski definition) is 3. The monoisotopic (exact) mass is 294 g/mol. The fraction of sp³-hybridized carbons (Fsp3) is 0.600. The standard InChI is InChI=1S/C15H22N2O4/c1-10-11(7-8-21-10)9-17(2)15(20)16-13-6-4-3-5-12(13)14(18)19/h7-8,12-13H,3-6,9H2,1-2H3,(H,16,20)(H,18,19). The lowest BCUT2D eigenvalue weighted by atomic mass is 9.84. The van der Waals surface area contributed by atoms with E-state index in [-0.39, 0.29) is 12.1 Å². The summed E-state index contributed by atoms with van der Waals surface area (Å²) in [5.41, 5.74) is 0.950. The van der Waals surface area contributed by atoms with E-state index in [0.29, 0.717) is 13.0 Å². The smallest absolute Gasteiger partial charge is 0.317 e. The number of nitrogens with one attached hydrogen (secondary N) is 1. The van der Waals surface area contributed by atoms with E-state index in [2.05, 4.69) is 5.32 Å². The SMILES string of the molecule is Cc1occc1CN(C)C(=O)NC1CCCCC1C(=O)O. The van der Waals surface area contributed by atoms with E-state index in [1.54, 1.807) is 18.2 Å².